The predicted octanol–water partition coefficient (Wildman–Crippen LogP) is 4.34. The van der Waals surface area contributed by atoms with Crippen LogP contribution in [0.3, 0.4) is 0 Å². The molecular formula is C23H21N3O3. The van der Waals surface area contributed by atoms with Gasteiger partial charge in [0.2, 0.25) is 0 Å². The van der Waals surface area contributed by atoms with Gasteiger partial charge in [-0.2, -0.15) is 0 Å². The van der Waals surface area contributed by atoms with Crippen LogP contribution in [0.25, 0.3) is 10.9 Å². The van der Waals surface area contributed by atoms with Crippen LogP contribution in [0.2, 0.25) is 0 Å². The van der Waals surface area contributed by atoms with Gasteiger partial charge in [0.05, 0.1) is 5.52 Å². The number of carbonyl (C=O) groups is 1. The summed E-state index contributed by atoms with van der Waals surface area (Å²) < 4.78 is 11.0. The molecule has 29 heavy (non-hydrogen) atoms. The Kier molecular flexibility index (Phi) is 5.52. The van der Waals surface area contributed by atoms with Crippen molar-refractivity contribution in [1.82, 2.24) is 15.5 Å². The Labute approximate surface area is 168 Å². The van der Waals surface area contributed by atoms with Crippen LogP contribution in [0.1, 0.15) is 34.7 Å². The zero-order valence-corrected chi connectivity index (χ0v) is 16.0. The third kappa shape index (κ3) is 4.60. The number of aromatic nitrogens is 2. The number of amides is 1. The molecule has 6 nitrogen and oxygen atoms in total. The van der Waals surface area contributed by atoms with Gasteiger partial charge in [-0.25, -0.2) is 0 Å². The molecule has 0 aliphatic carbocycles. The first-order valence-corrected chi connectivity index (χ1v) is 9.45. The van der Waals surface area contributed by atoms with Crippen molar-refractivity contribution in [3.05, 3.63) is 89.9 Å². The first kappa shape index (κ1) is 18.7. The maximum atomic E-state index is 12.3. The van der Waals surface area contributed by atoms with Crippen LogP contribution < -0.4 is 10.1 Å². The molecule has 0 radical (unpaired) electrons. The number of pyridine rings is 1. The summed E-state index contributed by atoms with van der Waals surface area (Å²) in [5.41, 5.74) is 2.32. The van der Waals surface area contributed by atoms with Crippen LogP contribution in [0, 0.1) is 0 Å². The smallest absolute Gasteiger partial charge is 0.273 e. The number of nitrogens with one attached hydrogen (secondary N) is 1. The van der Waals surface area contributed by atoms with Gasteiger partial charge in [-0.05, 0) is 35.7 Å². The summed E-state index contributed by atoms with van der Waals surface area (Å²) in [4.78, 5) is 16.6. The van der Waals surface area contributed by atoms with Gasteiger partial charge in [0.1, 0.15) is 12.4 Å². The van der Waals surface area contributed by atoms with Crippen molar-refractivity contribution in [3.63, 3.8) is 0 Å². The third-order valence-electron chi connectivity index (χ3n) is 4.68. The zero-order chi connectivity index (χ0) is 20.1. The molecule has 4 rings (SSSR count). The molecule has 0 unspecified atom stereocenters. The molecule has 0 saturated carbocycles. The van der Waals surface area contributed by atoms with Crippen LogP contribution in [-0.2, 0) is 6.61 Å². The molecule has 0 bridgehead atoms. The van der Waals surface area contributed by atoms with Gasteiger partial charge in [-0.1, -0.05) is 48.5 Å². The monoisotopic (exact) mass is 387 g/mol. The third-order valence-corrected chi connectivity index (χ3v) is 4.68. The Morgan fingerprint density at radius 2 is 1.97 bits per heavy atom. The first-order valence-electron chi connectivity index (χ1n) is 9.45. The highest BCUT2D eigenvalue weighted by molar-refractivity contribution is 5.92. The van der Waals surface area contributed by atoms with E-state index < -0.39 is 0 Å². The van der Waals surface area contributed by atoms with E-state index in [1.54, 1.807) is 12.3 Å². The SMILES string of the molecule is C[C@H](CNC(=O)c1cc(COc2ccc3ncccc3c2)on1)c1ccccc1. The quantitative estimate of drug-likeness (QED) is 0.511. The lowest BCUT2D eigenvalue weighted by molar-refractivity contribution is 0.0942. The molecule has 0 aliphatic rings. The lowest BCUT2D eigenvalue weighted by atomic mass is 10.0. The maximum Gasteiger partial charge on any atom is 0.273 e. The van der Waals surface area contributed by atoms with E-state index in [4.69, 9.17) is 9.26 Å². The lowest BCUT2D eigenvalue weighted by Crippen LogP contribution is -2.27. The number of nitrogens with zero attached hydrogens (tertiary/aromatic N) is 2. The number of rotatable bonds is 7. The normalized spacial score (nSPS) is 11.9. The van der Waals surface area contributed by atoms with Crippen LogP contribution in [0.15, 0.2) is 77.4 Å². The minimum Gasteiger partial charge on any atom is -0.486 e. The molecule has 4 aromatic rings. The molecule has 0 fully saturated rings. The molecule has 2 heterocycles. The van der Waals surface area contributed by atoms with Gasteiger partial charge in [0, 0.05) is 24.2 Å². The standard InChI is InChI=1S/C23H21N3O3/c1-16(17-6-3-2-4-7-17)14-25-23(27)22-13-20(29-26-22)15-28-19-9-10-21-18(12-19)8-5-11-24-21/h2-13,16H,14-15H2,1H3,(H,25,27)/t16-/m1/s1. The number of hydrogen-bond donors (Lipinski definition) is 1. The summed E-state index contributed by atoms with van der Waals surface area (Å²) in [7, 11) is 0. The number of ether oxygens (including phenoxy) is 1. The molecule has 0 spiro atoms. The molecule has 0 saturated heterocycles. The summed E-state index contributed by atoms with van der Waals surface area (Å²) in [5.74, 6) is 1.12. The Hall–Kier alpha value is -3.67. The topological polar surface area (TPSA) is 77.2 Å². The van der Waals surface area contributed by atoms with Crippen molar-refractivity contribution in [2.45, 2.75) is 19.4 Å². The maximum absolute atomic E-state index is 12.3. The summed E-state index contributed by atoms with van der Waals surface area (Å²) >= 11 is 0. The van der Waals surface area contributed by atoms with Crippen molar-refractivity contribution in [3.8, 4) is 5.75 Å². The van der Waals surface area contributed by atoms with Crippen LogP contribution in [-0.4, -0.2) is 22.6 Å². The lowest BCUT2D eigenvalue weighted by Gasteiger charge is -2.12. The molecule has 1 atom stereocenters. The van der Waals surface area contributed by atoms with E-state index >= 15 is 0 Å². The van der Waals surface area contributed by atoms with E-state index in [9.17, 15) is 4.79 Å². The second-order valence-electron chi connectivity index (χ2n) is 6.85. The van der Waals surface area contributed by atoms with E-state index in [2.05, 4.69) is 22.4 Å². The second-order valence-corrected chi connectivity index (χ2v) is 6.85. The summed E-state index contributed by atoms with van der Waals surface area (Å²) in [5, 5.41) is 7.74. The average molecular weight is 387 g/mol. The van der Waals surface area contributed by atoms with Crippen LogP contribution >= 0.6 is 0 Å². The summed E-state index contributed by atoms with van der Waals surface area (Å²) in [6.45, 7) is 2.77. The highest BCUT2D eigenvalue weighted by atomic mass is 16.5. The van der Waals surface area contributed by atoms with Crippen molar-refractivity contribution in [2.24, 2.45) is 0 Å². The van der Waals surface area contributed by atoms with Crippen LogP contribution in [0.4, 0.5) is 0 Å². The summed E-state index contributed by atoms with van der Waals surface area (Å²) in [6.07, 6.45) is 1.75. The fourth-order valence-electron chi connectivity index (χ4n) is 3.02. The van der Waals surface area contributed by atoms with Crippen molar-refractivity contribution in [2.75, 3.05) is 6.54 Å². The molecule has 2 aromatic heterocycles. The molecular weight excluding hydrogens is 366 g/mol. The molecule has 2 aromatic carbocycles. The van der Waals surface area contributed by atoms with Gasteiger partial charge < -0.3 is 14.6 Å². The minimum atomic E-state index is -0.264. The molecule has 0 aliphatic heterocycles. The Morgan fingerprint density at radius 1 is 1.10 bits per heavy atom. The van der Waals surface area contributed by atoms with E-state index in [1.807, 2.05) is 60.7 Å². The molecule has 6 heteroatoms. The second kappa shape index (κ2) is 8.56. The minimum absolute atomic E-state index is 0.187. The van der Waals surface area contributed by atoms with Crippen molar-refractivity contribution < 1.29 is 14.1 Å². The van der Waals surface area contributed by atoms with Gasteiger partial charge in [-0.15, -0.1) is 0 Å². The zero-order valence-electron chi connectivity index (χ0n) is 16.0. The van der Waals surface area contributed by atoms with Gasteiger partial charge in [0.25, 0.3) is 5.91 Å². The molecule has 1 N–H and O–H groups in total. The van der Waals surface area contributed by atoms with E-state index in [-0.39, 0.29) is 24.1 Å². The van der Waals surface area contributed by atoms with Gasteiger partial charge >= 0.3 is 0 Å². The number of benzene rings is 2. The summed E-state index contributed by atoms with van der Waals surface area (Å²) in [6, 6.07) is 21.2. The van der Waals surface area contributed by atoms with Gasteiger partial charge in [-0.3, -0.25) is 9.78 Å². The first-order chi connectivity index (χ1) is 14.2. The molecule has 146 valence electrons. The average Bonchev–Trinajstić information content (AvgIpc) is 3.25. The fraction of sp³-hybridized carbons (Fsp3) is 0.174. The van der Waals surface area contributed by atoms with Gasteiger partial charge in [0.15, 0.2) is 11.5 Å². The number of hydrogen-bond acceptors (Lipinski definition) is 5. The Balaban J connectivity index is 1.32. The Bertz CT molecular complexity index is 1110. The number of carbonyl (C=O) groups excluding carboxylic acids is 1. The van der Waals surface area contributed by atoms with E-state index in [0.29, 0.717) is 18.1 Å². The Morgan fingerprint density at radius 3 is 2.83 bits per heavy atom. The fourth-order valence-corrected chi connectivity index (χ4v) is 3.02. The van der Waals surface area contributed by atoms with E-state index in [1.165, 1.54) is 5.56 Å². The molecule has 1 amide bonds. The highest BCUT2D eigenvalue weighted by Crippen LogP contribution is 2.20. The highest BCUT2D eigenvalue weighted by Gasteiger charge is 2.14. The number of fused-ring (bicyclic) bond motifs is 1. The predicted molar refractivity (Wildman–Crippen MR) is 110 cm³/mol. The van der Waals surface area contributed by atoms with Crippen LogP contribution in [0.5, 0.6) is 5.75 Å². The van der Waals surface area contributed by atoms with Crippen molar-refractivity contribution in [1.29, 1.82) is 0 Å². The largest absolute Gasteiger partial charge is 0.486 e. The van der Waals surface area contributed by atoms with Crippen molar-refractivity contribution >= 4 is 16.8 Å². The van der Waals surface area contributed by atoms with E-state index in [0.717, 1.165) is 10.9 Å².